The monoisotopic (exact) mass is 175 g/mol. The third-order valence-corrected chi connectivity index (χ3v) is 2.24. The van der Waals surface area contributed by atoms with E-state index < -0.39 is 0 Å². The number of aromatic nitrogens is 1. The van der Waals surface area contributed by atoms with Crippen molar-refractivity contribution in [3.8, 4) is 0 Å². The van der Waals surface area contributed by atoms with Crippen molar-refractivity contribution in [3.05, 3.63) is 36.0 Å². The van der Waals surface area contributed by atoms with Gasteiger partial charge < -0.3 is 10.7 Å². The summed E-state index contributed by atoms with van der Waals surface area (Å²) in [6, 6.07) is 8.86. The Morgan fingerprint density at radius 2 is 2.15 bits per heavy atom. The molecule has 2 nitrogen and oxygen atoms in total. The molecule has 13 heavy (non-hydrogen) atoms. The second-order valence-electron chi connectivity index (χ2n) is 3.67. The maximum absolute atomic E-state index is 4.01. The number of benzene rings is 1. The van der Waals surface area contributed by atoms with Gasteiger partial charge in [-0.3, -0.25) is 0 Å². The molecule has 0 saturated carbocycles. The van der Waals surface area contributed by atoms with Gasteiger partial charge in [-0.2, -0.15) is 0 Å². The molecule has 2 heteroatoms. The topological polar surface area (TPSA) is 43.4 Å². The summed E-state index contributed by atoms with van der Waals surface area (Å²) in [4.78, 5) is 3.27. The van der Waals surface area contributed by atoms with E-state index in [1.54, 1.807) is 0 Å². The van der Waals surface area contributed by atoms with Crippen LogP contribution >= 0.6 is 0 Å². The lowest BCUT2D eigenvalue weighted by molar-refractivity contribution is -0.413. The van der Waals surface area contributed by atoms with Crippen LogP contribution in [0.5, 0.6) is 0 Å². The second-order valence-corrected chi connectivity index (χ2v) is 3.67. The normalized spacial score (nSPS) is 13.4. The number of hydrogen-bond acceptors (Lipinski definition) is 0. The molecule has 0 amide bonds. The van der Waals surface area contributed by atoms with E-state index in [1.807, 2.05) is 0 Å². The number of H-pyrrole nitrogens is 1. The van der Waals surface area contributed by atoms with Crippen molar-refractivity contribution in [2.24, 2.45) is 0 Å². The van der Waals surface area contributed by atoms with Crippen LogP contribution < -0.4 is 5.73 Å². The molecule has 0 aliphatic carbocycles. The van der Waals surface area contributed by atoms with E-state index in [1.165, 1.54) is 16.5 Å². The molecular formula is C11H15N2+. The van der Waals surface area contributed by atoms with Gasteiger partial charge in [-0.05, 0) is 18.6 Å². The Balaban J connectivity index is 2.46. The molecule has 1 unspecified atom stereocenters. The van der Waals surface area contributed by atoms with E-state index >= 15 is 0 Å². The summed E-state index contributed by atoms with van der Waals surface area (Å²) >= 11 is 0. The zero-order chi connectivity index (χ0) is 9.26. The van der Waals surface area contributed by atoms with Crippen molar-refractivity contribution in [1.82, 2.24) is 4.98 Å². The minimum Gasteiger partial charge on any atom is -0.361 e. The average molecular weight is 175 g/mol. The Labute approximate surface area is 77.8 Å². The molecule has 2 rings (SSSR count). The lowest BCUT2D eigenvalue weighted by Gasteiger charge is -1.99. The van der Waals surface area contributed by atoms with E-state index in [4.69, 9.17) is 0 Å². The smallest absolute Gasteiger partial charge is 0.0856 e. The van der Waals surface area contributed by atoms with Crippen LogP contribution in [0.25, 0.3) is 10.9 Å². The molecule has 68 valence electrons. The van der Waals surface area contributed by atoms with E-state index in [9.17, 15) is 0 Å². The lowest BCUT2D eigenvalue weighted by Crippen LogP contribution is -2.60. The van der Waals surface area contributed by atoms with Gasteiger partial charge in [0.15, 0.2) is 0 Å². The van der Waals surface area contributed by atoms with Crippen LogP contribution in [0.15, 0.2) is 30.5 Å². The maximum atomic E-state index is 4.01. The van der Waals surface area contributed by atoms with E-state index in [2.05, 4.69) is 48.1 Å². The third kappa shape index (κ3) is 1.58. The molecule has 0 aliphatic rings. The highest BCUT2D eigenvalue weighted by atomic mass is 14.7. The fourth-order valence-corrected chi connectivity index (χ4v) is 1.68. The lowest BCUT2D eigenvalue weighted by atomic mass is 10.1. The maximum Gasteiger partial charge on any atom is 0.0856 e. The molecule has 1 aromatic carbocycles. The standard InChI is InChI=1S/C11H14N2/c1-8(12)6-9-7-13-11-5-3-2-4-10(9)11/h2-5,7-8,13H,6,12H2,1H3/p+1. The van der Waals surface area contributed by atoms with Crippen molar-refractivity contribution < 1.29 is 5.73 Å². The third-order valence-electron chi connectivity index (χ3n) is 2.24. The molecule has 0 radical (unpaired) electrons. The van der Waals surface area contributed by atoms with Crippen molar-refractivity contribution in [1.29, 1.82) is 0 Å². The first-order chi connectivity index (χ1) is 6.27. The highest BCUT2D eigenvalue weighted by Gasteiger charge is 2.05. The van der Waals surface area contributed by atoms with Gasteiger partial charge in [0.1, 0.15) is 0 Å². The minimum absolute atomic E-state index is 0.471. The zero-order valence-electron chi connectivity index (χ0n) is 7.88. The minimum atomic E-state index is 0.471. The predicted octanol–water partition coefficient (Wildman–Crippen LogP) is 1.34. The van der Waals surface area contributed by atoms with Crippen LogP contribution in [0, 0.1) is 0 Å². The van der Waals surface area contributed by atoms with Crippen LogP contribution in [0.2, 0.25) is 0 Å². The summed E-state index contributed by atoms with van der Waals surface area (Å²) in [7, 11) is 0. The number of hydrogen-bond donors (Lipinski definition) is 2. The molecule has 1 heterocycles. The van der Waals surface area contributed by atoms with Crippen LogP contribution in [-0.4, -0.2) is 11.0 Å². The molecule has 1 aromatic heterocycles. The van der Waals surface area contributed by atoms with E-state index in [0.717, 1.165) is 6.42 Å². The number of nitrogens with one attached hydrogen (secondary N) is 1. The number of aromatic amines is 1. The predicted molar refractivity (Wildman–Crippen MR) is 54.4 cm³/mol. The van der Waals surface area contributed by atoms with Gasteiger partial charge in [0.25, 0.3) is 0 Å². The SMILES string of the molecule is CC([NH3+])Cc1c[nH]c2ccccc12. The number of fused-ring (bicyclic) bond motifs is 1. The van der Waals surface area contributed by atoms with Crippen molar-refractivity contribution in [2.75, 3.05) is 0 Å². The molecule has 0 bridgehead atoms. The van der Waals surface area contributed by atoms with Crippen molar-refractivity contribution in [2.45, 2.75) is 19.4 Å². The molecule has 2 aromatic rings. The van der Waals surface area contributed by atoms with Gasteiger partial charge in [0, 0.05) is 23.5 Å². The van der Waals surface area contributed by atoms with Gasteiger partial charge in [-0.25, -0.2) is 0 Å². The summed E-state index contributed by atoms with van der Waals surface area (Å²) in [6.07, 6.45) is 3.14. The Morgan fingerprint density at radius 1 is 1.38 bits per heavy atom. The van der Waals surface area contributed by atoms with Crippen molar-refractivity contribution >= 4 is 10.9 Å². The second kappa shape index (κ2) is 3.23. The van der Waals surface area contributed by atoms with E-state index in [0.29, 0.717) is 6.04 Å². The van der Waals surface area contributed by atoms with Gasteiger partial charge in [0.2, 0.25) is 0 Å². The molecule has 0 fully saturated rings. The van der Waals surface area contributed by atoms with Crippen LogP contribution in [0.3, 0.4) is 0 Å². The van der Waals surface area contributed by atoms with Gasteiger partial charge in [-0.1, -0.05) is 18.2 Å². The first-order valence-electron chi connectivity index (χ1n) is 4.65. The first kappa shape index (κ1) is 8.32. The highest BCUT2D eigenvalue weighted by Crippen LogP contribution is 2.18. The summed E-state index contributed by atoms with van der Waals surface area (Å²) in [5, 5.41) is 1.33. The number of quaternary nitrogens is 1. The fraction of sp³-hybridized carbons (Fsp3) is 0.273. The Hall–Kier alpha value is -1.28. The van der Waals surface area contributed by atoms with Crippen LogP contribution in [0.1, 0.15) is 12.5 Å². The Kier molecular flexibility index (Phi) is 2.07. The van der Waals surface area contributed by atoms with Gasteiger partial charge >= 0.3 is 0 Å². The first-order valence-corrected chi connectivity index (χ1v) is 4.65. The summed E-state index contributed by atoms with van der Waals surface area (Å²) < 4.78 is 0. The van der Waals surface area contributed by atoms with Crippen LogP contribution in [0.4, 0.5) is 0 Å². The molecule has 0 spiro atoms. The molecule has 1 atom stereocenters. The molecule has 0 saturated heterocycles. The van der Waals surface area contributed by atoms with Gasteiger partial charge in [0.05, 0.1) is 6.04 Å². The summed E-state index contributed by atoms with van der Waals surface area (Å²) in [6.45, 7) is 2.14. The summed E-state index contributed by atoms with van der Waals surface area (Å²) in [5.41, 5.74) is 6.60. The molecule has 0 aliphatic heterocycles. The molecule has 4 N–H and O–H groups in total. The van der Waals surface area contributed by atoms with Crippen molar-refractivity contribution in [3.63, 3.8) is 0 Å². The quantitative estimate of drug-likeness (QED) is 0.692. The Bertz CT molecular complexity index is 401. The van der Waals surface area contributed by atoms with Gasteiger partial charge in [-0.15, -0.1) is 0 Å². The van der Waals surface area contributed by atoms with Crippen LogP contribution in [-0.2, 0) is 6.42 Å². The fourth-order valence-electron chi connectivity index (χ4n) is 1.68. The largest absolute Gasteiger partial charge is 0.361 e. The number of rotatable bonds is 2. The number of para-hydroxylation sites is 1. The highest BCUT2D eigenvalue weighted by molar-refractivity contribution is 5.83. The average Bonchev–Trinajstić information content (AvgIpc) is 2.48. The Morgan fingerprint density at radius 3 is 2.92 bits per heavy atom. The zero-order valence-corrected chi connectivity index (χ0v) is 7.88. The molecular weight excluding hydrogens is 160 g/mol. The van der Waals surface area contributed by atoms with E-state index in [-0.39, 0.29) is 0 Å². The summed E-state index contributed by atoms with van der Waals surface area (Å²) in [5.74, 6) is 0.